The van der Waals surface area contributed by atoms with Crippen molar-refractivity contribution >= 4 is 22.8 Å². The first-order valence-electron chi connectivity index (χ1n) is 12.5. The van der Waals surface area contributed by atoms with E-state index in [0.717, 1.165) is 42.7 Å². The molecule has 0 bridgehead atoms. The van der Waals surface area contributed by atoms with Gasteiger partial charge in [0.1, 0.15) is 11.6 Å². The molecule has 2 heterocycles. The topological polar surface area (TPSA) is 102 Å². The molecule has 0 radical (unpaired) electrons. The molecule has 192 valence electrons. The fourth-order valence-corrected chi connectivity index (χ4v) is 4.80. The van der Waals surface area contributed by atoms with Gasteiger partial charge < -0.3 is 25.3 Å². The molecule has 0 aliphatic carbocycles. The lowest BCUT2D eigenvalue weighted by molar-refractivity contribution is -0.132. The monoisotopic (exact) mass is 495 g/mol. The van der Waals surface area contributed by atoms with Crippen molar-refractivity contribution in [3.63, 3.8) is 0 Å². The minimum Gasteiger partial charge on any atom is -0.385 e. The second-order valence-corrected chi connectivity index (χ2v) is 9.32. The summed E-state index contributed by atoms with van der Waals surface area (Å²) in [6.45, 7) is 2.89. The molecule has 0 saturated carbocycles. The number of benzene rings is 2. The fourth-order valence-electron chi connectivity index (χ4n) is 4.80. The molecule has 2 amide bonds. The van der Waals surface area contributed by atoms with Crippen molar-refractivity contribution in [3.05, 3.63) is 65.7 Å². The molecule has 1 saturated heterocycles. The molecule has 2 atom stereocenters. The minimum atomic E-state index is -0.533. The van der Waals surface area contributed by atoms with Crippen LogP contribution in [0.15, 0.2) is 48.5 Å². The third-order valence-corrected chi connectivity index (χ3v) is 6.60. The molecule has 1 aliphatic rings. The number of halogens is 1. The lowest BCUT2D eigenvalue weighted by atomic mass is 9.96. The fraction of sp³-hybridized carbons (Fsp3) is 0.444. The quantitative estimate of drug-likeness (QED) is 0.421. The van der Waals surface area contributed by atoms with Crippen molar-refractivity contribution < 1.29 is 18.7 Å². The second kappa shape index (κ2) is 12.1. The van der Waals surface area contributed by atoms with Gasteiger partial charge in [-0.3, -0.25) is 9.59 Å². The van der Waals surface area contributed by atoms with Crippen LogP contribution in [0.5, 0.6) is 0 Å². The molecule has 4 rings (SSSR count). The zero-order valence-electron chi connectivity index (χ0n) is 20.7. The number of carbonyl (C=O) groups is 2. The zero-order valence-corrected chi connectivity index (χ0v) is 20.7. The maximum Gasteiger partial charge on any atom is 0.251 e. The number of methoxy groups -OCH3 is 1. The Morgan fingerprint density at radius 2 is 2.08 bits per heavy atom. The number of nitrogens with zero attached hydrogens (tertiary/aromatic N) is 3. The van der Waals surface area contributed by atoms with Crippen LogP contribution in [0, 0.1) is 5.82 Å². The number of nitrogens with two attached hydrogens (primary N) is 1. The second-order valence-electron chi connectivity index (χ2n) is 9.32. The standard InChI is InChI=1S/C27H34FN5O3/c1-36-14-6-13-33-24-11-3-2-10-23(24)31-26(33)20-8-5-12-32(18-20)25(34)16-22(29)17-30-27(35)19-7-4-9-21(28)15-19/h2-4,7,9-11,15,20,22H,5-6,8,12-14,16-18,29H2,1H3,(H,30,35). The van der Waals surface area contributed by atoms with Gasteiger partial charge >= 0.3 is 0 Å². The Bertz CT molecular complexity index is 1200. The molecular weight excluding hydrogens is 461 g/mol. The molecule has 1 aliphatic heterocycles. The summed E-state index contributed by atoms with van der Waals surface area (Å²) in [6, 6.07) is 13.0. The van der Waals surface area contributed by atoms with E-state index >= 15 is 0 Å². The largest absolute Gasteiger partial charge is 0.385 e. The Kier molecular flexibility index (Phi) is 8.66. The number of para-hydroxylation sites is 2. The molecule has 2 aromatic carbocycles. The van der Waals surface area contributed by atoms with Gasteiger partial charge in [-0.05, 0) is 49.6 Å². The Morgan fingerprint density at radius 3 is 2.89 bits per heavy atom. The third-order valence-electron chi connectivity index (χ3n) is 6.60. The molecule has 1 aromatic heterocycles. The normalized spacial score (nSPS) is 16.8. The predicted molar refractivity (Wildman–Crippen MR) is 136 cm³/mol. The Morgan fingerprint density at radius 1 is 1.25 bits per heavy atom. The highest BCUT2D eigenvalue weighted by Crippen LogP contribution is 2.30. The number of carbonyl (C=O) groups excluding carboxylic acids is 2. The van der Waals surface area contributed by atoms with Gasteiger partial charge in [0.15, 0.2) is 0 Å². The van der Waals surface area contributed by atoms with Crippen LogP contribution in [-0.2, 0) is 16.1 Å². The number of likely N-dealkylation sites (tertiary alicyclic amines) is 1. The minimum absolute atomic E-state index is 0.0331. The van der Waals surface area contributed by atoms with E-state index < -0.39 is 17.8 Å². The maximum absolute atomic E-state index is 13.4. The van der Waals surface area contributed by atoms with Crippen molar-refractivity contribution in [1.82, 2.24) is 19.8 Å². The van der Waals surface area contributed by atoms with Crippen molar-refractivity contribution in [2.75, 3.05) is 33.4 Å². The number of hydrogen-bond acceptors (Lipinski definition) is 5. The van der Waals surface area contributed by atoms with Crippen LogP contribution < -0.4 is 11.1 Å². The number of nitrogens with one attached hydrogen (secondary N) is 1. The molecule has 1 fully saturated rings. The molecule has 36 heavy (non-hydrogen) atoms. The molecule has 9 heteroatoms. The summed E-state index contributed by atoms with van der Waals surface area (Å²) < 4.78 is 20.9. The van der Waals surface area contributed by atoms with Crippen molar-refractivity contribution in [1.29, 1.82) is 0 Å². The van der Waals surface area contributed by atoms with Gasteiger partial charge in [-0.1, -0.05) is 18.2 Å². The smallest absolute Gasteiger partial charge is 0.251 e. The van der Waals surface area contributed by atoms with Crippen LogP contribution in [-0.4, -0.2) is 65.7 Å². The van der Waals surface area contributed by atoms with Crippen LogP contribution in [0.2, 0.25) is 0 Å². The Labute approximate surface area is 210 Å². The number of amides is 2. The van der Waals surface area contributed by atoms with E-state index in [0.29, 0.717) is 19.7 Å². The summed E-state index contributed by atoms with van der Waals surface area (Å²) in [7, 11) is 1.70. The van der Waals surface area contributed by atoms with Gasteiger partial charge in [-0.2, -0.15) is 0 Å². The van der Waals surface area contributed by atoms with E-state index in [9.17, 15) is 14.0 Å². The molecule has 0 spiro atoms. The molecular formula is C27H34FN5O3. The first-order valence-corrected chi connectivity index (χ1v) is 12.5. The highest BCUT2D eigenvalue weighted by molar-refractivity contribution is 5.94. The maximum atomic E-state index is 13.4. The number of fused-ring (bicyclic) bond motifs is 1. The van der Waals surface area contributed by atoms with E-state index in [2.05, 4.69) is 16.0 Å². The summed E-state index contributed by atoms with van der Waals surface area (Å²) in [5.41, 5.74) is 8.45. The molecule has 3 N–H and O–H groups in total. The summed E-state index contributed by atoms with van der Waals surface area (Å²) in [5, 5.41) is 2.69. The molecule has 8 nitrogen and oxygen atoms in total. The summed E-state index contributed by atoms with van der Waals surface area (Å²) in [4.78, 5) is 32.1. The number of ether oxygens (including phenoxy) is 1. The number of piperidine rings is 1. The average molecular weight is 496 g/mol. The van der Waals surface area contributed by atoms with E-state index in [1.807, 2.05) is 23.1 Å². The Hall–Kier alpha value is -3.30. The lowest BCUT2D eigenvalue weighted by Gasteiger charge is -2.33. The van der Waals surface area contributed by atoms with Gasteiger partial charge in [0, 0.05) is 63.8 Å². The summed E-state index contributed by atoms with van der Waals surface area (Å²) >= 11 is 0. The molecule has 2 unspecified atom stereocenters. The first kappa shape index (κ1) is 25.8. The zero-order chi connectivity index (χ0) is 25.5. The van der Waals surface area contributed by atoms with Crippen molar-refractivity contribution in [2.45, 2.75) is 44.2 Å². The highest BCUT2D eigenvalue weighted by atomic mass is 19.1. The number of rotatable bonds is 10. The van der Waals surface area contributed by atoms with Gasteiger partial charge in [-0.15, -0.1) is 0 Å². The van der Waals surface area contributed by atoms with Crippen LogP contribution in [0.3, 0.4) is 0 Å². The van der Waals surface area contributed by atoms with Gasteiger partial charge in [0.2, 0.25) is 5.91 Å². The molecule has 3 aromatic rings. The van der Waals surface area contributed by atoms with Crippen LogP contribution in [0.4, 0.5) is 4.39 Å². The van der Waals surface area contributed by atoms with Gasteiger partial charge in [-0.25, -0.2) is 9.37 Å². The van der Waals surface area contributed by atoms with Crippen molar-refractivity contribution in [2.24, 2.45) is 5.73 Å². The van der Waals surface area contributed by atoms with Crippen molar-refractivity contribution in [3.8, 4) is 0 Å². The van der Waals surface area contributed by atoms with Gasteiger partial charge in [0.05, 0.1) is 11.0 Å². The summed E-state index contributed by atoms with van der Waals surface area (Å²) in [6.07, 6.45) is 2.87. The van der Waals surface area contributed by atoms with Crippen LogP contribution >= 0.6 is 0 Å². The SMILES string of the molecule is COCCCn1c(C2CCCN(C(=O)CC(N)CNC(=O)c3cccc(F)c3)C2)nc2ccccc21. The number of hydrogen-bond donors (Lipinski definition) is 2. The third kappa shape index (κ3) is 6.27. The van der Waals surface area contributed by atoms with E-state index in [1.165, 1.54) is 24.3 Å². The average Bonchev–Trinajstić information content (AvgIpc) is 3.26. The van der Waals surface area contributed by atoms with Crippen LogP contribution in [0.1, 0.15) is 47.8 Å². The first-order chi connectivity index (χ1) is 17.5. The van der Waals surface area contributed by atoms with E-state index in [1.54, 1.807) is 7.11 Å². The number of aryl methyl sites for hydroxylation is 1. The predicted octanol–water partition coefficient (Wildman–Crippen LogP) is 3.07. The van der Waals surface area contributed by atoms with E-state index in [-0.39, 0.29) is 30.4 Å². The van der Waals surface area contributed by atoms with E-state index in [4.69, 9.17) is 15.5 Å². The number of imidazole rings is 1. The summed E-state index contributed by atoms with van der Waals surface area (Å²) in [5.74, 6) is 0.226. The lowest BCUT2D eigenvalue weighted by Crippen LogP contribution is -2.45. The highest BCUT2D eigenvalue weighted by Gasteiger charge is 2.29. The van der Waals surface area contributed by atoms with Gasteiger partial charge in [0.25, 0.3) is 5.91 Å². The Balaban J connectivity index is 1.36. The number of aromatic nitrogens is 2. The van der Waals surface area contributed by atoms with Crippen LogP contribution in [0.25, 0.3) is 11.0 Å².